The Bertz CT molecular complexity index is 284. The van der Waals surface area contributed by atoms with E-state index in [1.54, 1.807) is 0 Å². The summed E-state index contributed by atoms with van der Waals surface area (Å²) in [6.45, 7) is 0. The number of hydrogen-bond donors (Lipinski definition) is 6. The first kappa shape index (κ1) is 57.0. The van der Waals surface area contributed by atoms with Gasteiger partial charge in [-0.2, -0.15) is 0 Å². The van der Waals surface area contributed by atoms with Crippen LogP contribution in [0.3, 0.4) is 0 Å². The molecule has 0 aromatic heterocycles. The molecule has 0 atom stereocenters. The zero-order valence-corrected chi connectivity index (χ0v) is 27.3. The standard InChI is InChI=1S/6CH3NS2.2Cu.Zn/c6*2-1(3)4;;;/h6*(H3,2,3,4);;;/q;;;;;;3*+2/p-6. The third-order valence-corrected chi connectivity index (χ3v) is 0. The van der Waals surface area contributed by atoms with Crippen molar-refractivity contribution in [2.45, 2.75) is 0 Å². The zero-order chi connectivity index (χ0) is 21.5. The molecule has 0 saturated carbocycles. The van der Waals surface area contributed by atoms with Gasteiger partial charge in [0, 0.05) is 0 Å². The number of thiocarbonyl (C=S) groups is 6. The molecule has 0 amide bonds. The van der Waals surface area contributed by atoms with Gasteiger partial charge in [-0.05, 0) is 0 Å². The van der Waals surface area contributed by atoms with Gasteiger partial charge in [-0.1, -0.05) is 25.9 Å². The first-order chi connectivity index (χ1) is 10.4. The van der Waals surface area contributed by atoms with Gasteiger partial charge < -0.3 is 183 Å². The van der Waals surface area contributed by atoms with Crippen LogP contribution in [0.15, 0.2) is 0 Å². The first-order valence-corrected chi connectivity index (χ1v) is 9.08. The zero-order valence-electron chi connectivity index (χ0n) is 12.7. The molecule has 27 heavy (non-hydrogen) atoms. The summed E-state index contributed by atoms with van der Waals surface area (Å²) < 4.78 is 0.500. The van der Waals surface area contributed by atoms with Crippen molar-refractivity contribution in [1.82, 2.24) is 0 Å². The van der Waals surface area contributed by atoms with Crippen molar-refractivity contribution in [3.63, 3.8) is 0 Å². The Morgan fingerprint density at radius 2 is 0.370 bits per heavy atom. The predicted molar refractivity (Wildman–Crippen MR) is 145 cm³/mol. The van der Waals surface area contributed by atoms with Crippen molar-refractivity contribution in [3.05, 3.63) is 0 Å². The molecule has 0 heterocycles. The molecule has 0 bridgehead atoms. The van der Waals surface area contributed by atoms with E-state index in [9.17, 15) is 0 Å². The molecule has 0 spiro atoms. The van der Waals surface area contributed by atoms with Gasteiger partial charge in [-0.3, -0.25) is 0 Å². The molecule has 0 saturated heterocycles. The summed E-state index contributed by atoms with van der Waals surface area (Å²) in [4.78, 5) is 0. The van der Waals surface area contributed by atoms with Gasteiger partial charge in [0.1, 0.15) is 0 Å². The second-order valence-corrected chi connectivity index (χ2v) is 8.74. The van der Waals surface area contributed by atoms with Gasteiger partial charge in [0.05, 0.1) is 0 Å². The summed E-state index contributed by atoms with van der Waals surface area (Å²) in [5, 5.41) is 0. The molecule has 21 heteroatoms. The van der Waals surface area contributed by atoms with E-state index in [0.717, 1.165) is 0 Å². The fourth-order valence-electron chi connectivity index (χ4n) is 0. The molecule has 0 aliphatic heterocycles. The van der Waals surface area contributed by atoms with Crippen LogP contribution < -0.4 is 34.4 Å². The Morgan fingerprint density at radius 3 is 0.370 bits per heavy atom. The van der Waals surface area contributed by atoms with Gasteiger partial charge >= 0.3 is 53.6 Å². The van der Waals surface area contributed by atoms with Crippen LogP contribution in [0.5, 0.6) is 0 Å². The van der Waals surface area contributed by atoms with Crippen LogP contribution in [0.1, 0.15) is 0 Å². The quantitative estimate of drug-likeness (QED) is 0.0983. The van der Waals surface area contributed by atoms with Crippen LogP contribution in [0.4, 0.5) is 0 Å². The van der Waals surface area contributed by atoms with Crippen LogP contribution in [0.25, 0.3) is 0 Å². The van der Waals surface area contributed by atoms with E-state index in [-0.39, 0.29) is 79.5 Å². The maximum Gasteiger partial charge on any atom is 2.00 e. The van der Waals surface area contributed by atoms with Crippen molar-refractivity contribution in [1.29, 1.82) is 0 Å². The topological polar surface area (TPSA) is 156 Å². The van der Waals surface area contributed by atoms with Gasteiger partial charge in [-0.25, -0.2) is 0 Å². The maximum absolute atomic E-state index is 4.66. The molecule has 6 nitrogen and oxygen atoms in total. The largest absolute Gasteiger partial charge is 2.00 e. The average molecular weight is 745 g/mol. The summed E-state index contributed by atoms with van der Waals surface area (Å²) in [5.41, 5.74) is 27.9. The van der Waals surface area contributed by atoms with E-state index >= 15 is 0 Å². The predicted octanol–water partition coefficient (Wildman–Crippen LogP) is -1.35. The number of hydrogen-bond acceptors (Lipinski definition) is 12. The van der Waals surface area contributed by atoms with E-state index in [2.05, 4.69) is 183 Å². The minimum Gasteiger partial charge on any atom is -0.415 e. The molecule has 162 valence electrons. The monoisotopic (exact) mass is 742 g/mol. The van der Waals surface area contributed by atoms with Gasteiger partial charge in [-0.15, -0.1) is 0 Å². The van der Waals surface area contributed by atoms with E-state index in [1.165, 1.54) is 0 Å². The van der Waals surface area contributed by atoms with Gasteiger partial charge in [0.2, 0.25) is 0 Å². The molecule has 0 aliphatic rings. The third kappa shape index (κ3) is 3640. The molecule has 12 N–H and O–H groups in total. The van der Waals surface area contributed by atoms with E-state index in [0.29, 0.717) is 0 Å². The molecule has 0 rings (SSSR count). The molecule has 0 aromatic carbocycles. The molecule has 0 fully saturated rings. The Morgan fingerprint density at radius 1 is 0.370 bits per heavy atom. The fraction of sp³-hybridized carbons (Fsp3) is 0. The molecule has 2 radical (unpaired) electrons. The van der Waals surface area contributed by atoms with E-state index in [1.807, 2.05) is 0 Å². The minimum atomic E-state index is 0. The number of nitrogens with two attached hydrogens (primary N) is 6. The van der Waals surface area contributed by atoms with Crippen LogP contribution in [0.2, 0.25) is 0 Å². The Kier molecular flexibility index (Phi) is 108. The maximum atomic E-state index is 4.66. The SMILES string of the molecule is NC(=S)[S-].NC(=S)[S-].NC(=S)[S-].NC(=S)[S-].NC(=S)[S-].NC(=S)[S-].[Cu+2].[Cu+2].[Zn+2]. The number of rotatable bonds is 0. The minimum absolute atomic E-state index is 0. The molecular formula is C6H12Cu2N6S12Zn. The second kappa shape index (κ2) is 51.2. The van der Waals surface area contributed by atoms with Crippen molar-refractivity contribution in [2.75, 3.05) is 0 Å². The normalized spacial score (nSPS) is 5.33. The molecule has 0 aliphatic carbocycles. The van der Waals surface area contributed by atoms with Gasteiger partial charge in [0.15, 0.2) is 0 Å². The van der Waals surface area contributed by atoms with Crippen LogP contribution in [0, 0.1) is 0 Å². The molecular weight excluding hydrogens is 733 g/mol. The smallest absolute Gasteiger partial charge is 0.415 e. The average Bonchev–Trinajstić information content (AvgIpc) is 2.08. The summed E-state index contributed by atoms with van der Waals surface area (Å²) in [6.07, 6.45) is 0. The first-order valence-electron chi connectivity index (χ1n) is 4.18. The molecule has 0 aromatic rings. The Hall–Kier alpha value is 2.32. The van der Waals surface area contributed by atoms with Crippen molar-refractivity contribution in [2.24, 2.45) is 34.4 Å². The van der Waals surface area contributed by atoms with Crippen LogP contribution in [-0.2, 0) is 129 Å². The van der Waals surface area contributed by atoms with E-state index in [4.69, 9.17) is 0 Å². The van der Waals surface area contributed by atoms with Crippen LogP contribution in [-0.4, -0.2) is 25.9 Å². The second-order valence-electron chi connectivity index (χ2n) is 1.91. The van der Waals surface area contributed by atoms with Crippen molar-refractivity contribution in [3.8, 4) is 0 Å². The summed E-state index contributed by atoms with van der Waals surface area (Å²) >= 11 is 49.6. The Balaban J connectivity index is -0.0000000201. The van der Waals surface area contributed by atoms with Crippen molar-refractivity contribution >= 4 is 175 Å². The van der Waals surface area contributed by atoms with Gasteiger partial charge in [0.25, 0.3) is 0 Å². The summed E-state index contributed by atoms with van der Waals surface area (Å²) in [7, 11) is 0. The van der Waals surface area contributed by atoms with Crippen molar-refractivity contribution < 1.29 is 53.6 Å². The Labute approximate surface area is 259 Å². The summed E-state index contributed by atoms with van der Waals surface area (Å²) in [6, 6.07) is 0. The summed E-state index contributed by atoms with van der Waals surface area (Å²) in [5.74, 6) is 0. The fourth-order valence-corrected chi connectivity index (χ4v) is 0. The van der Waals surface area contributed by atoms with Crippen LogP contribution >= 0.6 is 73.3 Å². The van der Waals surface area contributed by atoms with E-state index < -0.39 is 0 Å². The molecule has 0 unspecified atom stereocenters. The third-order valence-electron chi connectivity index (χ3n) is 0.